The number of fused-ring (bicyclic) bond motifs is 10. The Morgan fingerprint density at radius 3 is 1.50 bits per heavy atom. The highest BCUT2D eigenvalue weighted by Crippen LogP contribution is 2.43. The third-order valence-electron chi connectivity index (χ3n) is 13.3. The molecule has 10 rings (SSSR count). The lowest BCUT2D eigenvalue weighted by Gasteiger charge is -2.31. The third kappa shape index (κ3) is 8.05. The predicted molar refractivity (Wildman–Crippen MR) is 270 cm³/mol. The molecule has 0 saturated carbocycles. The molecule has 18 heteroatoms. The van der Waals surface area contributed by atoms with Gasteiger partial charge in [-0.3, -0.25) is 9.59 Å². The van der Waals surface area contributed by atoms with Gasteiger partial charge < -0.3 is 28.8 Å². The molecule has 6 aromatic rings. The van der Waals surface area contributed by atoms with Crippen molar-refractivity contribution in [2.45, 2.75) is 97.0 Å². The summed E-state index contributed by atoms with van der Waals surface area (Å²) in [5, 5.41) is 23.9. The number of carbonyl (C=O) groups excluding carboxylic acids is 2. The molecule has 2 atom stereocenters. The van der Waals surface area contributed by atoms with Crippen LogP contribution in [0.1, 0.15) is 89.8 Å². The monoisotopic (exact) mass is 1000 g/mol. The Morgan fingerprint density at radius 2 is 1.10 bits per heavy atom. The zero-order chi connectivity index (χ0) is 47.7. The molecule has 0 radical (unpaired) electrons. The van der Waals surface area contributed by atoms with Crippen LogP contribution in [0.3, 0.4) is 0 Å². The van der Waals surface area contributed by atoms with Gasteiger partial charge in [-0.1, -0.05) is 21.3 Å². The normalized spacial score (nSPS) is 18.4. The molecule has 0 amide bonds. The van der Waals surface area contributed by atoms with Gasteiger partial charge in [-0.25, -0.2) is 28.3 Å². The maximum Gasteiger partial charge on any atom is 0.343 e. The topological polar surface area (TPSA) is 163 Å². The number of thioether (sulfide) groups is 3. The molecule has 0 spiro atoms. The standard InChI is InChI=1S/C25H25FN2O4S2.C24H23FN2O4S2.CH4/c1-4-25(31)18-8-21-22-15(10-28(21)23(29)16(18)11-32-24(25)30)17(12-34-6-5-33-3)14-7-13(2)19(26)9-20(14)27-22;1-3-24(30)17-7-20-21-14(9-27(20)22(28)15(17)10-31-23(24)29)16(11-33-5-4-32)13-6-12(2)18(25)8-19(13)26-21;/h7-9,31H,4-6,10-12H2,1-3H3;6-8,30,32H,3-5,9-11H2,1-2H3;1H4/t25-;24-;/m00./s1. The average Bonchev–Trinajstić information content (AvgIpc) is 3.87. The lowest BCUT2D eigenvalue weighted by Crippen LogP contribution is -2.44. The fourth-order valence-corrected chi connectivity index (χ4v) is 12.5. The van der Waals surface area contributed by atoms with E-state index >= 15 is 0 Å². The Hall–Kier alpha value is -4.72. The second-order valence-electron chi connectivity index (χ2n) is 17.1. The van der Waals surface area contributed by atoms with Crippen molar-refractivity contribution in [1.29, 1.82) is 0 Å². The first kappa shape index (κ1) is 49.7. The average molecular weight is 1000 g/mol. The van der Waals surface area contributed by atoms with Crippen LogP contribution in [0.4, 0.5) is 8.78 Å². The van der Waals surface area contributed by atoms with Crippen LogP contribution in [-0.4, -0.2) is 70.5 Å². The van der Waals surface area contributed by atoms with Gasteiger partial charge in [0.05, 0.1) is 58.0 Å². The van der Waals surface area contributed by atoms with Crippen LogP contribution in [0.25, 0.3) is 44.6 Å². The highest BCUT2D eigenvalue weighted by Gasteiger charge is 2.47. The first-order valence-electron chi connectivity index (χ1n) is 21.9. The second-order valence-corrected chi connectivity index (χ2v) is 20.7. The summed E-state index contributed by atoms with van der Waals surface area (Å²) in [6.07, 6.45) is 2.24. The fraction of sp³-hybridized carbons (Fsp3) is 0.400. The van der Waals surface area contributed by atoms with E-state index in [1.54, 1.807) is 84.2 Å². The number of pyridine rings is 4. The minimum Gasteiger partial charge on any atom is -0.458 e. The summed E-state index contributed by atoms with van der Waals surface area (Å²) in [6, 6.07) is 9.90. The van der Waals surface area contributed by atoms with E-state index in [1.807, 2.05) is 12.1 Å². The van der Waals surface area contributed by atoms with Crippen molar-refractivity contribution in [2.24, 2.45) is 0 Å². The molecule has 0 fully saturated rings. The van der Waals surface area contributed by atoms with Gasteiger partial charge in [-0.15, -0.1) is 0 Å². The van der Waals surface area contributed by atoms with Gasteiger partial charge in [0, 0.05) is 73.9 Å². The maximum atomic E-state index is 14.5. The third-order valence-corrected chi connectivity index (χ3v) is 16.7. The van der Waals surface area contributed by atoms with Gasteiger partial charge in [0.2, 0.25) is 0 Å². The molecule has 0 aliphatic carbocycles. The molecule has 0 bridgehead atoms. The number of ether oxygens (including phenoxy) is 2. The second kappa shape index (κ2) is 19.2. The summed E-state index contributed by atoms with van der Waals surface area (Å²) >= 11 is 9.60. The van der Waals surface area contributed by atoms with Crippen molar-refractivity contribution in [3.8, 4) is 22.8 Å². The zero-order valence-electron chi connectivity index (χ0n) is 37.5. The molecule has 358 valence electrons. The van der Waals surface area contributed by atoms with E-state index in [0.29, 0.717) is 69.3 Å². The zero-order valence-corrected chi connectivity index (χ0v) is 40.9. The Bertz CT molecular complexity index is 3220. The minimum atomic E-state index is -1.88. The van der Waals surface area contributed by atoms with Gasteiger partial charge in [0.25, 0.3) is 11.1 Å². The number of halogens is 2. The number of aliphatic hydroxyl groups is 2. The molecule has 2 aromatic carbocycles. The Balaban J connectivity index is 0.000000181. The van der Waals surface area contributed by atoms with E-state index in [-0.39, 0.29) is 72.9 Å². The maximum absolute atomic E-state index is 14.5. The van der Waals surface area contributed by atoms with Crippen LogP contribution in [0.5, 0.6) is 0 Å². The first-order valence-corrected chi connectivity index (χ1v) is 26.3. The number of rotatable bonds is 11. The Kier molecular flexibility index (Phi) is 14.1. The van der Waals surface area contributed by atoms with E-state index in [2.05, 4.69) is 18.9 Å². The molecule has 4 aliphatic rings. The molecule has 0 saturated heterocycles. The number of aryl methyl sites for hydroxylation is 2. The predicted octanol–water partition coefficient (Wildman–Crippen LogP) is 8.45. The van der Waals surface area contributed by atoms with Crippen molar-refractivity contribution in [2.75, 3.05) is 29.3 Å². The van der Waals surface area contributed by atoms with Crippen molar-refractivity contribution >= 4 is 81.7 Å². The van der Waals surface area contributed by atoms with E-state index < -0.39 is 23.1 Å². The van der Waals surface area contributed by atoms with Gasteiger partial charge in [0.15, 0.2) is 11.2 Å². The number of aromatic nitrogens is 4. The summed E-state index contributed by atoms with van der Waals surface area (Å²) in [7, 11) is 0. The smallest absolute Gasteiger partial charge is 0.343 e. The fourth-order valence-electron chi connectivity index (χ4n) is 9.47. The highest BCUT2D eigenvalue weighted by molar-refractivity contribution is 8.02. The Labute approximate surface area is 410 Å². The van der Waals surface area contributed by atoms with Crippen molar-refractivity contribution in [3.63, 3.8) is 0 Å². The quantitative estimate of drug-likeness (QED) is 0.0644. The number of benzene rings is 2. The molecule has 0 unspecified atom stereocenters. The van der Waals surface area contributed by atoms with E-state index in [4.69, 9.17) is 19.4 Å². The van der Waals surface area contributed by atoms with E-state index in [1.165, 1.54) is 12.1 Å². The highest BCUT2D eigenvalue weighted by atomic mass is 32.2. The first-order chi connectivity index (χ1) is 32.1. The van der Waals surface area contributed by atoms with Crippen LogP contribution >= 0.6 is 47.9 Å². The van der Waals surface area contributed by atoms with Gasteiger partial charge in [0.1, 0.15) is 24.8 Å². The molecular weight excluding hydrogens is 951 g/mol. The molecular formula is C50H52F2N4O8S4. The lowest BCUT2D eigenvalue weighted by molar-refractivity contribution is -0.172. The summed E-state index contributed by atoms with van der Waals surface area (Å²) in [5.41, 5.74) is 5.09. The largest absolute Gasteiger partial charge is 0.458 e. The summed E-state index contributed by atoms with van der Waals surface area (Å²) < 4.78 is 42.4. The van der Waals surface area contributed by atoms with Crippen LogP contribution in [0, 0.1) is 25.5 Å². The Morgan fingerprint density at radius 1 is 0.676 bits per heavy atom. The van der Waals surface area contributed by atoms with Crippen LogP contribution < -0.4 is 11.1 Å². The van der Waals surface area contributed by atoms with Crippen molar-refractivity contribution in [1.82, 2.24) is 19.1 Å². The molecule has 8 heterocycles. The number of hydrogen-bond donors (Lipinski definition) is 3. The summed E-state index contributed by atoms with van der Waals surface area (Å²) in [6.45, 7) is 7.14. The minimum absolute atomic E-state index is 0. The van der Waals surface area contributed by atoms with Crippen molar-refractivity contribution < 1.29 is 38.1 Å². The molecule has 12 nitrogen and oxygen atoms in total. The van der Waals surface area contributed by atoms with Crippen LogP contribution in [0.2, 0.25) is 0 Å². The molecule has 68 heavy (non-hydrogen) atoms. The van der Waals surface area contributed by atoms with E-state index in [0.717, 1.165) is 61.8 Å². The molecule has 2 N–H and O–H groups in total. The SMILES string of the molecule is C.CC[C@@]1(O)C(=O)OCc2c1cc1n(c2=O)Cc2c-1nc1cc(F)c(C)cc1c2CSCCS.CC[C@@]1(O)C(=O)OCc2c1cc1n(c2=O)Cc2c-1nc1cc(F)c(C)cc1c2CSCCSC. The number of esters is 2. The number of carbonyl (C=O) groups is 2. The number of thiol groups is 1. The number of hydrogen-bond acceptors (Lipinski definition) is 14. The van der Waals surface area contributed by atoms with Crippen LogP contribution in [0.15, 0.2) is 46.0 Å². The lowest BCUT2D eigenvalue weighted by atomic mass is 9.86. The number of cyclic esters (lactones) is 2. The van der Waals surface area contributed by atoms with E-state index in [9.17, 15) is 38.2 Å². The van der Waals surface area contributed by atoms with Gasteiger partial charge >= 0.3 is 11.9 Å². The van der Waals surface area contributed by atoms with Gasteiger partial charge in [-0.05, 0) is 85.2 Å². The molecule has 4 aromatic heterocycles. The van der Waals surface area contributed by atoms with Crippen LogP contribution in [-0.2, 0) is 68.1 Å². The summed E-state index contributed by atoms with van der Waals surface area (Å²) in [4.78, 5) is 61.2. The van der Waals surface area contributed by atoms with Gasteiger partial charge in [-0.2, -0.15) is 47.9 Å². The molecule has 4 aliphatic heterocycles. The number of nitrogens with zero attached hydrogens (tertiary/aromatic N) is 4. The summed E-state index contributed by atoms with van der Waals surface area (Å²) in [5.74, 6) is 2.81. The van der Waals surface area contributed by atoms with Crippen molar-refractivity contribution in [3.05, 3.63) is 124 Å².